The number of nitrogens with zero attached hydrogens (tertiary/aromatic N) is 1. The maximum atomic E-state index is 13.3. The van der Waals surface area contributed by atoms with Gasteiger partial charge in [-0.15, -0.1) is 23.1 Å². The van der Waals surface area contributed by atoms with Gasteiger partial charge in [0, 0.05) is 21.6 Å². The number of rotatable bonds is 7. The number of hydrogen-bond acceptors (Lipinski definition) is 6. The minimum atomic E-state index is -0.465. The molecule has 0 atom stereocenters. The van der Waals surface area contributed by atoms with Gasteiger partial charge in [0.25, 0.3) is 0 Å². The van der Waals surface area contributed by atoms with E-state index in [9.17, 15) is 9.18 Å². The fourth-order valence-electron chi connectivity index (χ4n) is 2.24. The lowest BCUT2D eigenvalue weighted by molar-refractivity contribution is 0.0469. The Bertz CT molecular complexity index is 867. The maximum absolute atomic E-state index is 13.3. The zero-order valence-electron chi connectivity index (χ0n) is 14.0. The van der Waals surface area contributed by atoms with E-state index in [1.54, 1.807) is 35.2 Å². The maximum Gasteiger partial charge on any atom is 0.338 e. The lowest BCUT2D eigenvalue weighted by Gasteiger charge is -2.10. The Kier molecular flexibility index (Phi) is 6.25. The third kappa shape index (κ3) is 4.83. The van der Waals surface area contributed by atoms with Gasteiger partial charge in [-0.05, 0) is 42.5 Å². The summed E-state index contributed by atoms with van der Waals surface area (Å²) in [7, 11) is 1.49. The van der Waals surface area contributed by atoms with Gasteiger partial charge in [-0.2, -0.15) is 0 Å². The van der Waals surface area contributed by atoms with Gasteiger partial charge in [0.05, 0.1) is 23.9 Å². The normalized spacial score (nSPS) is 10.5. The smallest absolute Gasteiger partial charge is 0.338 e. The van der Waals surface area contributed by atoms with Gasteiger partial charge in [0.1, 0.15) is 18.2 Å². The van der Waals surface area contributed by atoms with Gasteiger partial charge in [-0.3, -0.25) is 0 Å². The zero-order valence-corrected chi connectivity index (χ0v) is 15.6. The van der Waals surface area contributed by atoms with Crippen molar-refractivity contribution in [2.24, 2.45) is 0 Å². The highest BCUT2D eigenvalue weighted by atomic mass is 32.2. The van der Waals surface area contributed by atoms with Crippen molar-refractivity contribution in [1.29, 1.82) is 0 Å². The molecule has 3 rings (SSSR count). The van der Waals surface area contributed by atoms with Crippen LogP contribution >= 0.6 is 23.1 Å². The first-order chi connectivity index (χ1) is 12.7. The predicted molar refractivity (Wildman–Crippen MR) is 100 cm³/mol. The third-order valence-corrected chi connectivity index (χ3v) is 5.24. The summed E-state index contributed by atoms with van der Waals surface area (Å²) < 4.78 is 23.8. The molecule has 0 spiro atoms. The Hall–Kier alpha value is -2.38. The molecular formula is C19H16FNO3S2. The highest BCUT2D eigenvalue weighted by molar-refractivity contribution is 7.98. The number of carbonyl (C=O) groups excluding carboxylic acids is 1. The Morgan fingerprint density at radius 3 is 2.73 bits per heavy atom. The molecule has 0 aliphatic heterocycles. The second kappa shape index (κ2) is 8.82. The first kappa shape index (κ1) is 18.4. The van der Waals surface area contributed by atoms with Crippen LogP contribution in [0.3, 0.4) is 0 Å². The second-order valence-corrected chi connectivity index (χ2v) is 7.09. The first-order valence-electron chi connectivity index (χ1n) is 7.75. The molecule has 0 aliphatic carbocycles. The molecule has 7 heteroatoms. The standard InChI is InChI=1S/C19H16FNO3S2/c1-23-18-7-4-15(20)8-14(18)9-24-19(22)13-2-5-17(6-3-13)26-11-16-10-25-12-21-16/h2-8,10,12H,9,11H2,1H3. The average Bonchev–Trinajstić information content (AvgIpc) is 3.18. The van der Waals surface area contributed by atoms with Crippen LogP contribution in [-0.4, -0.2) is 18.1 Å². The Morgan fingerprint density at radius 1 is 1.23 bits per heavy atom. The molecule has 1 aromatic heterocycles. The molecule has 0 saturated carbocycles. The van der Waals surface area contributed by atoms with E-state index in [1.165, 1.54) is 25.3 Å². The number of aromatic nitrogens is 1. The largest absolute Gasteiger partial charge is 0.496 e. The lowest BCUT2D eigenvalue weighted by Crippen LogP contribution is -2.06. The van der Waals surface area contributed by atoms with Gasteiger partial charge in [-0.25, -0.2) is 14.2 Å². The van der Waals surface area contributed by atoms with Crippen molar-refractivity contribution in [3.8, 4) is 5.75 Å². The lowest BCUT2D eigenvalue weighted by atomic mass is 10.2. The molecule has 0 N–H and O–H groups in total. The van der Waals surface area contributed by atoms with Crippen LogP contribution < -0.4 is 4.74 Å². The van der Waals surface area contributed by atoms with E-state index in [0.29, 0.717) is 16.9 Å². The number of thioether (sulfide) groups is 1. The molecule has 4 nitrogen and oxygen atoms in total. The number of carbonyl (C=O) groups is 1. The van der Waals surface area contributed by atoms with Gasteiger partial charge in [-0.1, -0.05) is 0 Å². The summed E-state index contributed by atoms with van der Waals surface area (Å²) >= 11 is 3.22. The first-order valence-corrected chi connectivity index (χ1v) is 9.68. The monoisotopic (exact) mass is 389 g/mol. The summed E-state index contributed by atoms with van der Waals surface area (Å²) in [6.45, 7) is -0.0555. The molecule has 0 saturated heterocycles. The minimum absolute atomic E-state index is 0.0555. The highest BCUT2D eigenvalue weighted by Crippen LogP contribution is 2.24. The molecule has 3 aromatic rings. The third-order valence-electron chi connectivity index (χ3n) is 3.56. The van der Waals surface area contributed by atoms with Crippen molar-refractivity contribution in [1.82, 2.24) is 4.98 Å². The van der Waals surface area contributed by atoms with E-state index in [4.69, 9.17) is 9.47 Å². The van der Waals surface area contributed by atoms with Gasteiger partial charge in [0.2, 0.25) is 0 Å². The van der Waals surface area contributed by atoms with E-state index >= 15 is 0 Å². The summed E-state index contributed by atoms with van der Waals surface area (Å²) in [5.41, 5.74) is 3.77. The molecule has 0 aliphatic rings. The van der Waals surface area contributed by atoms with Crippen molar-refractivity contribution >= 4 is 29.1 Å². The van der Waals surface area contributed by atoms with Crippen LogP contribution in [0.25, 0.3) is 0 Å². The Morgan fingerprint density at radius 2 is 2.04 bits per heavy atom. The molecule has 0 fully saturated rings. The number of esters is 1. The fraction of sp³-hybridized carbons (Fsp3) is 0.158. The van der Waals surface area contributed by atoms with Crippen LogP contribution in [0.5, 0.6) is 5.75 Å². The summed E-state index contributed by atoms with van der Waals surface area (Å²) in [4.78, 5) is 17.5. The van der Waals surface area contributed by atoms with Crippen LogP contribution in [-0.2, 0) is 17.1 Å². The number of hydrogen-bond donors (Lipinski definition) is 0. The van der Waals surface area contributed by atoms with Crippen LogP contribution in [0.4, 0.5) is 4.39 Å². The SMILES string of the molecule is COc1ccc(F)cc1COC(=O)c1ccc(SCc2cscn2)cc1. The van der Waals surface area contributed by atoms with E-state index in [-0.39, 0.29) is 6.61 Å². The Balaban J connectivity index is 1.57. The van der Waals surface area contributed by atoms with E-state index in [2.05, 4.69) is 4.98 Å². The minimum Gasteiger partial charge on any atom is -0.496 e. The zero-order chi connectivity index (χ0) is 18.4. The average molecular weight is 389 g/mol. The van der Waals surface area contributed by atoms with Crippen LogP contribution in [0.2, 0.25) is 0 Å². The van der Waals surface area contributed by atoms with E-state index in [0.717, 1.165) is 16.3 Å². The van der Waals surface area contributed by atoms with Crippen LogP contribution in [0, 0.1) is 5.82 Å². The number of methoxy groups -OCH3 is 1. The van der Waals surface area contributed by atoms with Gasteiger partial charge in [0.15, 0.2) is 0 Å². The predicted octanol–water partition coefficient (Wildman–Crippen LogP) is 4.94. The van der Waals surface area contributed by atoms with Crippen molar-refractivity contribution in [3.63, 3.8) is 0 Å². The molecule has 0 bridgehead atoms. The van der Waals surface area contributed by atoms with Gasteiger partial charge < -0.3 is 9.47 Å². The molecular weight excluding hydrogens is 373 g/mol. The van der Waals surface area contributed by atoms with Crippen molar-refractivity contribution in [2.75, 3.05) is 7.11 Å². The topological polar surface area (TPSA) is 48.4 Å². The second-order valence-electron chi connectivity index (χ2n) is 5.33. The molecule has 0 amide bonds. The summed E-state index contributed by atoms with van der Waals surface area (Å²) in [5, 5.41) is 2.01. The quantitative estimate of drug-likeness (QED) is 0.423. The number of benzene rings is 2. The molecule has 0 unspecified atom stereocenters. The molecule has 1 heterocycles. The number of halogens is 1. The van der Waals surface area contributed by atoms with Crippen molar-refractivity contribution in [3.05, 3.63) is 76.0 Å². The Labute approximate surface area is 159 Å². The number of thiazole rings is 1. The molecule has 0 radical (unpaired) electrons. The fourth-order valence-corrected chi connectivity index (χ4v) is 3.70. The number of ether oxygens (including phenoxy) is 2. The van der Waals surface area contributed by atoms with Gasteiger partial charge >= 0.3 is 5.97 Å². The van der Waals surface area contributed by atoms with Crippen molar-refractivity contribution in [2.45, 2.75) is 17.3 Å². The van der Waals surface area contributed by atoms with E-state index < -0.39 is 11.8 Å². The summed E-state index contributed by atoms with van der Waals surface area (Å²) in [5.74, 6) is 0.394. The molecule has 2 aromatic carbocycles. The van der Waals surface area contributed by atoms with Crippen molar-refractivity contribution < 1.29 is 18.7 Å². The van der Waals surface area contributed by atoms with Crippen LogP contribution in [0.1, 0.15) is 21.6 Å². The van der Waals surface area contributed by atoms with Crippen LogP contribution in [0.15, 0.2) is 58.3 Å². The molecule has 134 valence electrons. The summed E-state index contributed by atoms with van der Waals surface area (Å²) in [6.07, 6.45) is 0. The molecule has 26 heavy (non-hydrogen) atoms. The highest BCUT2D eigenvalue weighted by Gasteiger charge is 2.11. The summed E-state index contributed by atoms with van der Waals surface area (Å²) in [6, 6.07) is 11.3. The van der Waals surface area contributed by atoms with E-state index in [1.807, 2.05) is 23.0 Å².